The third-order valence-corrected chi connectivity index (χ3v) is 6.64. The van der Waals surface area contributed by atoms with Gasteiger partial charge in [-0.05, 0) is 66.5 Å². The van der Waals surface area contributed by atoms with Crippen molar-refractivity contribution in [3.8, 4) is 0 Å². The van der Waals surface area contributed by atoms with Crippen LogP contribution in [0.4, 0.5) is 5.69 Å². The fourth-order valence-corrected chi connectivity index (χ4v) is 4.69. The van der Waals surface area contributed by atoms with Gasteiger partial charge in [0.15, 0.2) is 0 Å². The predicted molar refractivity (Wildman–Crippen MR) is 88.7 cm³/mol. The lowest BCUT2D eigenvalue weighted by molar-refractivity contribution is 0.356. The normalized spacial score (nSPS) is 20.3. The van der Waals surface area contributed by atoms with Crippen LogP contribution < -0.4 is 5.73 Å². The van der Waals surface area contributed by atoms with E-state index >= 15 is 0 Å². The largest absolute Gasteiger partial charge is 0.398 e. The van der Waals surface area contributed by atoms with Gasteiger partial charge in [0.25, 0.3) is 0 Å². The first kappa shape index (κ1) is 16.7. The highest BCUT2D eigenvalue weighted by Crippen LogP contribution is 2.29. The quantitative estimate of drug-likeness (QED) is 0.816. The zero-order valence-corrected chi connectivity index (χ0v) is 15.0. The molecule has 0 spiro atoms. The highest BCUT2D eigenvalue weighted by Gasteiger charge is 2.28. The second-order valence-electron chi connectivity index (χ2n) is 5.84. The van der Waals surface area contributed by atoms with Crippen LogP contribution in [0, 0.1) is 12.8 Å². The van der Waals surface area contributed by atoms with Gasteiger partial charge in [0.05, 0.1) is 4.90 Å². The molecule has 1 atom stereocenters. The van der Waals surface area contributed by atoms with Crippen molar-refractivity contribution < 1.29 is 8.42 Å². The number of benzene rings is 1. The van der Waals surface area contributed by atoms with Crippen LogP contribution in [0.15, 0.2) is 21.5 Å². The molecule has 1 aromatic rings. The van der Waals surface area contributed by atoms with Crippen molar-refractivity contribution in [1.82, 2.24) is 9.21 Å². The summed E-state index contributed by atoms with van der Waals surface area (Å²) in [6, 6.07) is 3.28. The van der Waals surface area contributed by atoms with Crippen molar-refractivity contribution in [3.05, 3.63) is 22.2 Å². The number of halogens is 1. The molecule has 2 rings (SSSR count). The average Bonchev–Trinajstić information content (AvgIpc) is 2.79. The zero-order chi connectivity index (χ0) is 15.8. The van der Waals surface area contributed by atoms with Gasteiger partial charge in [0.1, 0.15) is 0 Å². The molecule has 0 bridgehead atoms. The molecule has 0 amide bonds. The summed E-state index contributed by atoms with van der Waals surface area (Å²) in [5.41, 5.74) is 6.97. The number of nitrogens with two attached hydrogens (primary N) is 1. The number of aryl methyl sites for hydroxylation is 1. The second kappa shape index (κ2) is 6.24. The van der Waals surface area contributed by atoms with E-state index in [1.165, 1.54) is 10.4 Å². The Morgan fingerprint density at radius 1 is 1.48 bits per heavy atom. The van der Waals surface area contributed by atoms with Crippen LogP contribution in [0.5, 0.6) is 0 Å². The third kappa shape index (κ3) is 3.59. The lowest BCUT2D eigenvalue weighted by atomic mass is 10.1. The van der Waals surface area contributed by atoms with Gasteiger partial charge >= 0.3 is 0 Å². The first-order valence-electron chi connectivity index (χ1n) is 6.92. The van der Waals surface area contributed by atoms with Gasteiger partial charge in [-0.25, -0.2) is 12.7 Å². The van der Waals surface area contributed by atoms with Crippen molar-refractivity contribution in [2.45, 2.75) is 18.2 Å². The summed E-state index contributed by atoms with van der Waals surface area (Å²) in [6.45, 7) is 4.31. The summed E-state index contributed by atoms with van der Waals surface area (Å²) in [6.07, 6.45) is 1.04. The number of sulfonamides is 1. The lowest BCUT2D eigenvalue weighted by Gasteiger charge is -2.22. The van der Waals surface area contributed by atoms with Crippen LogP contribution in [-0.2, 0) is 10.0 Å². The smallest absolute Gasteiger partial charge is 0.243 e. The van der Waals surface area contributed by atoms with Gasteiger partial charge in [0, 0.05) is 30.3 Å². The molecule has 2 N–H and O–H groups in total. The van der Waals surface area contributed by atoms with Gasteiger partial charge in [-0.1, -0.05) is 0 Å². The topological polar surface area (TPSA) is 66.6 Å². The SMILES string of the molecule is Cc1cc(Br)c(N)cc1S(=O)(=O)N(C)CC1CCN(C)C1. The standard InChI is InChI=1S/C14H22BrN3O2S/c1-10-6-12(15)13(16)7-14(10)21(19,20)18(3)9-11-4-5-17(2)8-11/h6-7,11H,4-5,8-9,16H2,1-3H3. The highest BCUT2D eigenvalue weighted by atomic mass is 79.9. The molecule has 21 heavy (non-hydrogen) atoms. The zero-order valence-electron chi connectivity index (χ0n) is 12.6. The number of rotatable bonds is 4. The van der Waals surface area contributed by atoms with E-state index in [-0.39, 0.29) is 4.90 Å². The van der Waals surface area contributed by atoms with E-state index in [2.05, 4.69) is 27.9 Å². The molecule has 1 fully saturated rings. The van der Waals surface area contributed by atoms with Crippen molar-refractivity contribution in [3.63, 3.8) is 0 Å². The Morgan fingerprint density at radius 2 is 2.14 bits per heavy atom. The van der Waals surface area contributed by atoms with Crippen molar-refractivity contribution in [2.24, 2.45) is 5.92 Å². The number of nitrogens with zero attached hydrogens (tertiary/aromatic N) is 2. The maximum atomic E-state index is 12.7. The van der Waals surface area contributed by atoms with E-state index in [4.69, 9.17) is 5.73 Å². The van der Waals surface area contributed by atoms with Gasteiger partial charge in [0.2, 0.25) is 10.0 Å². The van der Waals surface area contributed by atoms with Crippen molar-refractivity contribution in [2.75, 3.05) is 39.5 Å². The molecule has 1 aliphatic rings. The molecule has 1 unspecified atom stereocenters. The van der Waals surface area contributed by atoms with Crippen LogP contribution in [0.25, 0.3) is 0 Å². The molecular formula is C14H22BrN3O2S. The van der Waals surface area contributed by atoms with E-state index in [0.29, 0.717) is 23.7 Å². The molecule has 1 heterocycles. The van der Waals surface area contributed by atoms with E-state index < -0.39 is 10.0 Å². The number of nitrogen functional groups attached to an aromatic ring is 1. The fourth-order valence-electron chi connectivity index (χ4n) is 2.75. The molecule has 1 aromatic carbocycles. The number of anilines is 1. The lowest BCUT2D eigenvalue weighted by Crippen LogP contribution is -2.33. The summed E-state index contributed by atoms with van der Waals surface area (Å²) in [7, 11) is 0.208. The van der Waals surface area contributed by atoms with Crippen LogP contribution in [0.3, 0.4) is 0 Å². The minimum atomic E-state index is -3.50. The summed E-state index contributed by atoms with van der Waals surface area (Å²) >= 11 is 3.32. The molecule has 1 saturated heterocycles. The highest BCUT2D eigenvalue weighted by molar-refractivity contribution is 9.10. The Hall–Kier alpha value is -0.630. The molecule has 0 saturated carbocycles. The Balaban J connectivity index is 2.23. The second-order valence-corrected chi connectivity index (χ2v) is 8.71. The Kier molecular flexibility index (Phi) is 4.97. The molecule has 0 aromatic heterocycles. The Bertz CT molecular complexity index is 633. The maximum absolute atomic E-state index is 12.7. The van der Waals surface area contributed by atoms with Crippen LogP contribution in [0.2, 0.25) is 0 Å². The summed E-state index contributed by atoms with van der Waals surface area (Å²) in [5, 5.41) is 0. The first-order chi connectivity index (χ1) is 9.71. The summed E-state index contributed by atoms with van der Waals surface area (Å²) < 4.78 is 27.6. The molecular weight excluding hydrogens is 354 g/mol. The number of hydrogen-bond acceptors (Lipinski definition) is 4. The Morgan fingerprint density at radius 3 is 2.71 bits per heavy atom. The molecule has 1 aliphatic heterocycles. The Labute approximate surface area is 135 Å². The molecule has 0 radical (unpaired) electrons. The number of hydrogen-bond donors (Lipinski definition) is 1. The predicted octanol–water partition coefficient (Wildman–Crippen LogP) is 1.91. The first-order valence-corrected chi connectivity index (χ1v) is 9.15. The van der Waals surface area contributed by atoms with E-state index in [1.54, 1.807) is 20.0 Å². The monoisotopic (exact) mass is 375 g/mol. The number of likely N-dealkylation sites (tertiary alicyclic amines) is 1. The molecule has 0 aliphatic carbocycles. The third-order valence-electron chi connectivity index (χ3n) is 3.99. The molecule has 118 valence electrons. The van der Waals surface area contributed by atoms with Crippen LogP contribution in [0.1, 0.15) is 12.0 Å². The average molecular weight is 376 g/mol. The molecule has 7 heteroatoms. The van der Waals surface area contributed by atoms with Crippen LogP contribution >= 0.6 is 15.9 Å². The van der Waals surface area contributed by atoms with Gasteiger partial charge in [-0.3, -0.25) is 0 Å². The summed E-state index contributed by atoms with van der Waals surface area (Å²) in [4.78, 5) is 2.52. The van der Waals surface area contributed by atoms with E-state index in [1.807, 2.05) is 0 Å². The van der Waals surface area contributed by atoms with Crippen molar-refractivity contribution in [1.29, 1.82) is 0 Å². The minimum Gasteiger partial charge on any atom is -0.398 e. The maximum Gasteiger partial charge on any atom is 0.243 e. The van der Waals surface area contributed by atoms with Crippen molar-refractivity contribution >= 4 is 31.6 Å². The van der Waals surface area contributed by atoms with Gasteiger partial charge in [-0.15, -0.1) is 0 Å². The minimum absolute atomic E-state index is 0.289. The van der Waals surface area contributed by atoms with Gasteiger partial charge < -0.3 is 10.6 Å². The fraction of sp³-hybridized carbons (Fsp3) is 0.571. The van der Waals surface area contributed by atoms with E-state index in [0.717, 1.165) is 24.0 Å². The van der Waals surface area contributed by atoms with Gasteiger partial charge in [-0.2, -0.15) is 0 Å². The summed E-state index contributed by atoms with van der Waals surface area (Å²) in [5.74, 6) is 0.392. The van der Waals surface area contributed by atoms with Crippen LogP contribution in [-0.4, -0.2) is 51.4 Å². The van der Waals surface area contributed by atoms with E-state index in [9.17, 15) is 8.42 Å². The molecule has 5 nitrogen and oxygen atoms in total.